The van der Waals surface area contributed by atoms with Crippen LogP contribution in [0.5, 0.6) is 0 Å². The summed E-state index contributed by atoms with van der Waals surface area (Å²) in [5.74, 6) is 3.17. The summed E-state index contributed by atoms with van der Waals surface area (Å²) in [6, 6.07) is 0. The van der Waals surface area contributed by atoms with Gasteiger partial charge in [0, 0.05) is 16.8 Å². The van der Waals surface area contributed by atoms with Crippen LogP contribution in [0.1, 0.15) is 30.3 Å². The molecule has 3 N–H and O–H groups in total. The maximum Gasteiger partial charge on any atom is 0.240 e. The van der Waals surface area contributed by atoms with Gasteiger partial charge in [-0.2, -0.15) is 16.7 Å². The summed E-state index contributed by atoms with van der Waals surface area (Å²) in [6.45, 7) is 2.67. The SMILES string of the molecule is CCC1SCCSC1c1noc(CNCC(N)=O)n1. The van der Waals surface area contributed by atoms with Gasteiger partial charge < -0.3 is 10.3 Å². The number of rotatable bonds is 6. The predicted octanol–water partition coefficient (Wildman–Crippen LogP) is 0.944. The molecule has 0 radical (unpaired) electrons. The number of nitrogens with zero attached hydrogens (tertiary/aromatic N) is 2. The molecular formula is C11H18N4O2S2. The molecule has 2 heterocycles. The zero-order chi connectivity index (χ0) is 13.7. The Hall–Kier alpha value is -0.730. The number of thioether (sulfide) groups is 2. The van der Waals surface area contributed by atoms with Gasteiger partial charge in [0.1, 0.15) is 0 Å². The fourth-order valence-electron chi connectivity index (χ4n) is 1.89. The molecule has 106 valence electrons. The fourth-order valence-corrected chi connectivity index (χ4v) is 4.87. The minimum absolute atomic E-state index is 0.114. The molecular weight excluding hydrogens is 284 g/mol. The average Bonchev–Trinajstić information content (AvgIpc) is 2.87. The molecule has 2 atom stereocenters. The van der Waals surface area contributed by atoms with Gasteiger partial charge in [-0.1, -0.05) is 12.1 Å². The normalized spacial score (nSPS) is 23.4. The van der Waals surface area contributed by atoms with Gasteiger partial charge in [0.2, 0.25) is 11.8 Å². The number of aromatic nitrogens is 2. The fraction of sp³-hybridized carbons (Fsp3) is 0.727. The Morgan fingerprint density at radius 1 is 1.53 bits per heavy atom. The maximum absolute atomic E-state index is 10.6. The summed E-state index contributed by atoms with van der Waals surface area (Å²) in [5.41, 5.74) is 5.04. The monoisotopic (exact) mass is 302 g/mol. The lowest BCUT2D eigenvalue weighted by molar-refractivity contribution is -0.117. The predicted molar refractivity (Wildman–Crippen MR) is 76.9 cm³/mol. The van der Waals surface area contributed by atoms with E-state index in [1.54, 1.807) is 0 Å². The molecule has 2 rings (SSSR count). The first-order chi connectivity index (χ1) is 9.20. The van der Waals surface area contributed by atoms with Crippen LogP contribution in [-0.2, 0) is 11.3 Å². The average molecular weight is 302 g/mol. The van der Waals surface area contributed by atoms with E-state index in [9.17, 15) is 4.79 Å². The largest absolute Gasteiger partial charge is 0.369 e. The highest BCUT2D eigenvalue weighted by Crippen LogP contribution is 2.42. The first-order valence-electron chi connectivity index (χ1n) is 6.25. The van der Waals surface area contributed by atoms with Gasteiger partial charge in [-0.05, 0) is 6.42 Å². The van der Waals surface area contributed by atoms with E-state index in [2.05, 4.69) is 22.4 Å². The zero-order valence-corrected chi connectivity index (χ0v) is 12.4. The van der Waals surface area contributed by atoms with Crippen LogP contribution in [0.3, 0.4) is 0 Å². The molecule has 0 bridgehead atoms. The third-order valence-corrected chi connectivity index (χ3v) is 6.01. The first-order valence-corrected chi connectivity index (χ1v) is 8.35. The van der Waals surface area contributed by atoms with Gasteiger partial charge in [-0.25, -0.2) is 0 Å². The number of carbonyl (C=O) groups excluding carboxylic acids is 1. The van der Waals surface area contributed by atoms with Gasteiger partial charge in [0.15, 0.2) is 5.82 Å². The molecule has 6 nitrogen and oxygen atoms in total. The minimum Gasteiger partial charge on any atom is -0.369 e. The second-order valence-corrected chi connectivity index (χ2v) is 6.82. The molecule has 1 aromatic heterocycles. The van der Waals surface area contributed by atoms with Crippen LogP contribution in [0.15, 0.2) is 4.52 Å². The van der Waals surface area contributed by atoms with Crippen molar-refractivity contribution in [2.75, 3.05) is 18.1 Å². The smallest absolute Gasteiger partial charge is 0.240 e. The van der Waals surface area contributed by atoms with Crippen molar-refractivity contribution in [3.63, 3.8) is 0 Å². The molecule has 1 saturated heterocycles. The molecule has 1 aliphatic rings. The number of nitrogens with one attached hydrogen (secondary N) is 1. The van der Waals surface area contributed by atoms with Crippen molar-refractivity contribution in [3.8, 4) is 0 Å². The number of amides is 1. The topological polar surface area (TPSA) is 94.0 Å². The lowest BCUT2D eigenvalue weighted by Crippen LogP contribution is -2.28. The van der Waals surface area contributed by atoms with Crippen molar-refractivity contribution in [2.45, 2.75) is 30.4 Å². The Balaban J connectivity index is 1.93. The van der Waals surface area contributed by atoms with E-state index >= 15 is 0 Å². The number of carbonyl (C=O) groups is 1. The van der Waals surface area contributed by atoms with Crippen LogP contribution in [0.25, 0.3) is 0 Å². The van der Waals surface area contributed by atoms with Crippen molar-refractivity contribution in [3.05, 3.63) is 11.7 Å². The first kappa shape index (κ1) is 14.7. The van der Waals surface area contributed by atoms with Gasteiger partial charge >= 0.3 is 0 Å². The van der Waals surface area contributed by atoms with Gasteiger partial charge in [-0.3, -0.25) is 10.1 Å². The molecule has 1 amide bonds. The van der Waals surface area contributed by atoms with Crippen molar-refractivity contribution < 1.29 is 9.32 Å². The Morgan fingerprint density at radius 2 is 2.32 bits per heavy atom. The summed E-state index contributed by atoms with van der Waals surface area (Å²) in [7, 11) is 0. The van der Waals surface area contributed by atoms with Crippen LogP contribution < -0.4 is 11.1 Å². The van der Waals surface area contributed by atoms with Crippen LogP contribution in [0.2, 0.25) is 0 Å². The highest BCUT2D eigenvalue weighted by molar-refractivity contribution is 8.06. The number of nitrogens with two attached hydrogens (primary N) is 1. The van der Waals surface area contributed by atoms with Crippen LogP contribution >= 0.6 is 23.5 Å². The van der Waals surface area contributed by atoms with Crippen molar-refractivity contribution in [1.29, 1.82) is 0 Å². The van der Waals surface area contributed by atoms with Crippen LogP contribution in [0, 0.1) is 0 Å². The molecule has 1 aromatic rings. The molecule has 0 aliphatic carbocycles. The third-order valence-electron chi connectivity index (χ3n) is 2.77. The lowest BCUT2D eigenvalue weighted by atomic mass is 10.2. The second kappa shape index (κ2) is 7.16. The third kappa shape index (κ3) is 4.12. The number of hydrogen-bond donors (Lipinski definition) is 2. The number of primary amides is 1. The van der Waals surface area contributed by atoms with Gasteiger partial charge in [0.05, 0.1) is 18.3 Å². The maximum atomic E-state index is 10.6. The van der Waals surface area contributed by atoms with E-state index in [0.717, 1.165) is 18.0 Å². The standard InChI is InChI=1S/C11H18N4O2S2/c1-2-7-10(19-4-3-18-7)11-14-9(17-15-11)6-13-5-8(12)16/h7,10,13H,2-6H2,1H3,(H2,12,16). The van der Waals surface area contributed by atoms with Crippen molar-refractivity contribution in [2.24, 2.45) is 5.73 Å². The summed E-state index contributed by atoms with van der Waals surface area (Å²) in [5, 5.41) is 7.77. The van der Waals surface area contributed by atoms with E-state index in [1.807, 2.05) is 23.5 Å². The highest BCUT2D eigenvalue weighted by atomic mass is 32.2. The van der Waals surface area contributed by atoms with Gasteiger partial charge in [-0.15, -0.1) is 11.8 Å². The highest BCUT2D eigenvalue weighted by Gasteiger charge is 2.30. The Morgan fingerprint density at radius 3 is 3.05 bits per heavy atom. The summed E-state index contributed by atoms with van der Waals surface area (Å²) < 4.78 is 5.19. The number of hydrogen-bond acceptors (Lipinski definition) is 7. The second-order valence-electron chi connectivity index (χ2n) is 4.23. The molecule has 0 saturated carbocycles. The molecule has 19 heavy (non-hydrogen) atoms. The summed E-state index contributed by atoms with van der Waals surface area (Å²) >= 11 is 3.87. The van der Waals surface area contributed by atoms with Gasteiger partial charge in [0.25, 0.3) is 0 Å². The van der Waals surface area contributed by atoms with Crippen molar-refractivity contribution >= 4 is 29.4 Å². The Labute approximate surface area is 120 Å². The van der Waals surface area contributed by atoms with Crippen LogP contribution in [0.4, 0.5) is 0 Å². The minimum atomic E-state index is -0.398. The quantitative estimate of drug-likeness (QED) is 0.807. The molecule has 1 aliphatic heterocycles. The Bertz CT molecular complexity index is 427. The molecule has 0 aromatic carbocycles. The lowest BCUT2D eigenvalue weighted by Gasteiger charge is -2.27. The van der Waals surface area contributed by atoms with E-state index in [1.165, 1.54) is 5.75 Å². The summed E-state index contributed by atoms with van der Waals surface area (Å²) in [4.78, 5) is 15.0. The molecule has 8 heteroatoms. The van der Waals surface area contributed by atoms with Crippen molar-refractivity contribution in [1.82, 2.24) is 15.5 Å². The summed E-state index contributed by atoms with van der Waals surface area (Å²) in [6.07, 6.45) is 1.10. The molecule has 1 fully saturated rings. The molecule has 0 spiro atoms. The Kier molecular flexibility index (Phi) is 5.53. The van der Waals surface area contributed by atoms with E-state index in [4.69, 9.17) is 10.3 Å². The zero-order valence-electron chi connectivity index (χ0n) is 10.8. The van der Waals surface area contributed by atoms with E-state index in [0.29, 0.717) is 22.9 Å². The molecule has 2 unspecified atom stereocenters. The van der Waals surface area contributed by atoms with E-state index in [-0.39, 0.29) is 6.54 Å². The van der Waals surface area contributed by atoms with E-state index < -0.39 is 5.91 Å². The van der Waals surface area contributed by atoms with Crippen LogP contribution in [-0.4, -0.2) is 39.3 Å².